The lowest BCUT2D eigenvalue weighted by Crippen LogP contribution is -2.40. The third-order valence-electron chi connectivity index (χ3n) is 4.39. The van der Waals surface area contributed by atoms with Gasteiger partial charge in [0.1, 0.15) is 0 Å². The molecule has 1 N–H and O–H groups in total. The Balaban J connectivity index is 1.58. The fourth-order valence-corrected chi connectivity index (χ4v) is 3.13. The summed E-state index contributed by atoms with van der Waals surface area (Å²) in [7, 11) is 1.80. The van der Waals surface area contributed by atoms with Crippen LogP contribution in [0.15, 0.2) is 48.8 Å². The van der Waals surface area contributed by atoms with Crippen LogP contribution in [0.3, 0.4) is 0 Å². The van der Waals surface area contributed by atoms with E-state index in [4.69, 9.17) is 11.6 Å². The first-order valence-electron chi connectivity index (χ1n) is 7.74. The molecule has 23 heavy (non-hydrogen) atoms. The highest BCUT2D eigenvalue weighted by Gasteiger charge is 2.45. The molecule has 1 aromatic heterocycles. The van der Waals surface area contributed by atoms with E-state index >= 15 is 0 Å². The van der Waals surface area contributed by atoms with Crippen molar-refractivity contribution < 1.29 is 4.79 Å². The second-order valence-electron chi connectivity index (χ2n) is 6.13. The molecule has 120 valence electrons. The summed E-state index contributed by atoms with van der Waals surface area (Å²) in [6, 6.07) is 11.7. The summed E-state index contributed by atoms with van der Waals surface area (Å²) in [4.78, 5) is 18.0. The highest BCUT2D eigenvalue weighted by atomic mass is 35.5. The summed E-state index contributed by atoms with van der Waals surface area (Å²) in [6.45, 7) is 1.18. The Morgan fingerprint density at radius 3 is 2.61 bits per heavy atom. The van der Waals surface area contributed by atoms with E-state index < -0.39 is 0 Å². The van der Waals surface area contributed by atoms with Crippen LogP contribution in [-0.4, -0.2) is 29.5 Å². The van der Waals surface area contributed by atoms with E-state index in [0.29, 0.717) is 13.1 Å². The molecule has 0 aliphatic heterocycles. The van der Waals surface area contributed by atoms with Gasteiger partial charge in [-0.2, -0.15) is 0 Å². The van der Waals surface area contributed by atoms with E-state index in [-0.39, 0.29) is 11.4 Å². The predicted molar refractivity (Wildman–Crippen MR) is 91.5 cm³/mol. The average molecular weight is 330 g/mol. The normalized spacial score (nSPS) is 15.0. The molecule has 2 amide bonds. The number of nitrogens with zero attached hydrogens (tertiary/aromatic N) is 2. The number of benzene rings is 1. The lowest BCUT2D eigenvalue weighted by Gasteiger charge is -2.22. The van der Waals surface area contributed by atoms with Gasteiger partial charge in [-0.05, 0) is 42.2 Å². The third kappa shape index (κ3) is 3.64. The number of urea groups is 1. The minimum atomic E-state index is -0.0693. The summed E-state index contributed by atoms with van der Waals surface area (Å²) in [6.07, 6.45) is 5.59. The molecule has 1 heterocycles. The summed E-state index contributed by atoms with van der Waals surface area (Å²) in [5.74, 6) is 0. The van der Waals surface area contributed by atoms with E-state index in [0.717, 1.165) is 29.0 Å². The molecule has 0 unspecified atom stereocenters. The standard InChI is InChI=1S/C18H20ClN3O/c1-22(12-14-6-10-20-11-7-14)17(23)21-13-18(8-9-18)15-4-2-3-5-16(15)19/h2-7,10-11H,8-9,12-13H2,1H3,(H,21,23). The van der Waals surface area contributed by atoms with Gasteiger partial charge in [0, 0.05) is 43.0 Å². The fourth-order valence-electron chi connectivity index (χ4n) is 2.80. The lowest BCUT2D eigenvalue weighted by molar-refractivity contribution is 0.206. The van der Waals surface area contributed by atoms with Crippen LogP contribution in [0.4, 0.5) is 4.79 Å². The number of aromatic nitrogens is 1. The van der Waals surface area contributed by atoms with E-state index in [9.17, 15) is 4.79 Å². The van der Waals surface area contributed by atoms with Crippen LogP contribution >= 0.6 is 11.6 Å². The SMILES string of the molecule is CN(Cc1ccncc1)C(=O)NCC1(c2ccccc2Cl)CC1. The average Bonchev–Trinajstić information content (AvgIpc) is 3.35. The number of hydrogen-bond donors (Lipinski definition) is 1. The molecule has 1 aromatic carbocycles. The number of pyridine rings is 1. The van der Waals surface area contributed by atoms with Crippen molar-refractivity contribution in [2.75, 3.05) is 13.6 Å². The van der Waals surface area contributed by atoms with Gasteiger partial charge in [0.25, 0.3) is 0 Å². The second-order valence-corrected chi connectivity index (χ2v) is 6.54. The van der Waals surface area contributed by atoms with E-state index in [1.54, 1.807) is 24.3 Å². The van der Waals surface area contributed by atoms with Gasteiger partial charge in [0.2, 0.25) is 0 Å². The summed E-state index contributed by atoms with van der Waals surface area (Å²) in [5, 5.41) is 3.83. The predicted octanol–water partition coefficient (Wildman–Crippen LogP) is 3.61. The minimum Gasteiger partial charge on any atom is -0.337 e. The van der Waals surface area contributed by atoms with Crippen molar-refractivity contribution in [3.63, 3.8) is 0 Å². The molecule has 0 bridgehead atoms. The number of carbonyl (C=O) groups excluding carboxylic acids is 1. The minimum absolute atomic E-state index is 0.00547. The molecular formula is C18H20ClN3O. The first-order valence-corrected chi connectivity index (χ1v) is 8.11. The van der Waals surface area contributed by atoms with Crippen molar-refractivity contribution in [2.45, 2.75) is 24.8 Å². The monoisotopic (exact) mass is 329 g/mol. The van der Waals surface area contributed by atoms with Crippen molar-refractivity contribution in [1.82, 2.24) is 15.2 Å². The lowest BCUT2D eigenvalue weighted by atomic mass is 9.96. The first-order chi connectivity index (χ1) is 11.1. The topological polar surface area (TPSA) is 45.2 Å². The van der Waals surface area contributed by atoms with Gasteiger partial charge in [-0.1, -0.05) is 29.8 Å². The zero-order valence-corrected chi connectivity index (χ0v) is 13.9. The molecule has 1 saturated carbocycles. The highest BCUT2D eigenvalue weighted by molar-refractivity contribution is 6.31. The van der Waals surface area contributed by atoms with Crippen LogP contribution in [0, 0.1) is 0 Å². The molecule has 2 aromatic rings. The molecule has 1 aliphatic carbocycles. The maximum atomic E-state index is 12.3. The zero-order valence-electron chi connectivity index (χ0n) is 13.1. The van der Waals surface area contributed by atoms with Crippen LogP contribution in [0.1, 0.15) is 24.0 Å². The Morgan fingerprint density at radius 2 is 1.96 bits per heavy atom. The van der Waals surface area contributed by atoms with Crippen molar-refractivity contribution in [3.8, 4) is 0 Å². The van der Waals surface area contributed by atoms with Gasteiger partial charge in [0.05, 0.1) is 0 Å². The van der Waals surface area contributed by atoms with Gasteiger partial charge in [-0.25, -0.2) is 4.79 Å². The van der Waals surface area contributed by atoms with E-state index in [1.807, 2.05) is 30.3 Å². The van der Waals surface area contributed by atoms with Gasteiger partial charge >= 0.3 is 6.03 Å². The van der Waals surface area contributed by atoms with Crippen LogP contribution < -0.4 is 5.32 Å². The molecule has 0 saturated heterocycles. The smallest absolute Gasteiger partial charge is 0.317 e. The summed E-state index contributed by atoms with van der Waals surface area (Å²) < 4.78 is 0. The van der Waals surface area contributed by atoms with Gasteiger partial charge in [-0.3, -0.25) is 4.98 Å². The Labute approximate surface area is 141 Å². The van der Waals surface area contributed by atoms with Crippen LogP contribution in [0.25, 0.3) is 0 Å². The molecule has 5 heteroatoms. The Kier molecular flexibility index (Phi) is 4.53. The van der Waals surface area contributed by atoms with Crippen LogP contribution in [0.2, 0.25) is 5.02 Å². The Bertz CT molecular complexity index is 686. The van der Waals surface area contributed by atoms with Gasteiger partial charge in [-0.15, -0.1) is 0 Å². The van der Waals surface area contributed by atoms with Gasteiger partial charge < -0.3 is 10.2 Å². The molecule has 1 fully saturated rings. The second kappa shape index (κ2) is 6.59. The maximum absolute atomic E-state index is 12.3. The quantitative estimate of drug-likeness (QED) is 0.910. The molecule has 1 aliphatic rings. The number of nitrogens with one attached hydrogen (secondary N) is 1. The third-order valence-corrected chi connectivity index (χ3v) is 4.72. The summed E-state index contributed by atoms with van der Waals surface area (Å²) in [5.41, 5.74) is 2.20. The zero-order chi connectivity index (χ0) is 16.3. The molecule has 4 nitrogen and oxygen atoms in total. The van der Waals surface area contributed by atoms with Crippen LogP contribution in [0.5, 0.6) is 0 Å². The number of hydrogen-bond acceptors (Lipinski definition) is 2. The van der Waals surface area contributed by atoms with E-state index in [1.165, 1.54) is 0 Å². The molecule has 0 radical (unpaired) electrons. The molecular weight excluding hydrogens is 310 g/mol. The number of amides is 2. The highest BCUT2D eigenvalue weighted by Crippen LogP contribution is 2.49. The van der Waals surface area contributed by atoms with Crippen molar-refractivity contribution in [1.29, 1.82) is 0 Å². The largest absolute Gasteiger partial charge is 0.337 e. The molecule has 0 atom stereocenters. The summed E-state index contributed by atoms with van der Waals surface area (Å²) >= 11 is 6.30. The molecule has 0 spiro atoms. The maximum Gasteiger partial charge on any atom is 0.317 e. The first kappa shape index (κ1) is 15.8. The Morgan fingerprint density at radius 1 is 1.26 bits per heavy atom. The Hall–Kier alpha value is -2.07. The van der Waals surface area contributed by atoms with Crippen molar-refractivity contribution >= 4 is 17.6 Å². The van der Waals surface area contributed by atoms with Crippen molar-refractivity contribution in [2.24, 2.45) is 0 Å². The van der Waals surface area contributed by atoms with Crippen molar-refractivity contribution in [3.05, 3.63) is 64.9 Å². The molecule has 3 rings (SSSR count). The van der Waals surface area contributed by atoms with Gasteiger partial charge in [0.15, 0.2) is 0 Å². The number of rotatable bonds is 5. The number of carbonyl (C=O) groups is 1. The fraction of sp³-hybridized carbons (Fsp3) is 0.333. The van der Waals surface area contributed by atoms with E-state index in [2.05, 4.69) is 16.4 Å². The van der Waals surface area contributed by atoms with Crippen LogP contribution in [-0.2, 0) is 12.0 Å². The number of halogens is 1.